The minimum atomic E-state index is -2.52. The van der Waals surface area contributed by atoms with Crippen molar-refractivity contribution in [3.63, 3.8) is 0 Å². The van der Waals surface area contributed by atoms with Gasteiger partial charge in [0.15, 0.2) is 12.4 Å². The first kappa shape index (κ1) is 72.5. The second-order valence-corrected chi connectivity index (χ2v) is 21.0. The van der Waals surface area contributed by atoms with Crippen LogP contribution in [-0.2, 0) is 57.4 Å². The number of nitrogens with two attached hydrogens (primary N) is 3. The molecule has 2 fully saturated rings. The SMILES string of the molecule is CCCCCCCCC[C@H](N)C[C@H](O)C[C@H](C[C@H]1CC(=O)N[C@H](CO)C(=O)N[C@H]([C@H](O)c2ccc(O)cc2)C(=O)N[C@H](CC(=O)O)C(=O)N[C@H](CO)C(=O)NCC(=O)NCC[C@@H](N)C(=O)N[C@@H]([C@@H](O)C(N)=O)C(=O)N1)O[C@@H]1OC[C@@H](O)[C@H](O)[C@H]1O. The number of phenolic OH excluding ortho intramolecular Hbond substituents is 1. The molecule has 16 atom stereocenters. The number of amides is 9. The van der Waals surface area contributed by atoms with E-state index in [1.807, 2.05) is 10.6 Å². The van der Waals surface area contributed by atoms with Crippen molar-refractivity contribution in [3.8, 4) is 5.75 Å². The van der Waals surface area contributed by atoms with Gasteiger partial charge in [-0.05, 0) is 49.8 Å². The molecule has 2 aliphatic rings. The topological polar surface area (TPSA) is 566 Å². The van der Waals surface area contributed by atoms with Gasteiger partial charge in [0.25, 0.3) is 0 Å². The van der Waals surface area contributed by atoms with E-state index in [1.54, 1.807) is 0 Å². The number of aliphatic carboxylic acids is 1. The normalized spacial score (nSPS) is 27.8. The second-order valence-electron chi connectivity index (χ2n) is 21.0. The fourth-order valence-electron chi connectivity index (χ4n) is 9.08. The number of aliphatic hydroxyl groups excluding tert-OH is 8. The maximum absolute atomic E-state index is 14.3. The molecule has 1 aromatic carbocycles. The van der Waals surface area contributed by atoms with Crippen molar-refractivity contribution >= 4 is 59.1 Å². The number of rotatable bonds is 24. The highest BCUT2D eigenvalue weighted by molar-refractivity contribution is 5.98. The monoisotopic (exact) mass is 1220 g/mol. The lowest BCUT2D eigenvalue weighted by Crippen LogP contribution is -2.61. The van der Waals surface area contributed by atoms with Crippen LogP contribution < -0.4 is 59.7 Å². The standard InChI is InChI=1S/C52H85N11O22/c1-2-3-4-5-6-7-8-9-26(53)16-29(67)19-30(85-52-44(76)42(74)35(68)24-84-52)17-27-18-36(69)59-34(23-65)49(81)63-39(41(73)25-10-12-28(66)13-11-25)51(83)60-32(20-38(71)72)48(80)61-33(22-64)47(79)57-21-37(70)56-15-14-31(54)46(78)62-40(50(82)58-27)43(75)45(55)77/h10-13,26-27,29-35,39-44,52,64-68,73-76H,2-9,14-24,53-54H2,1H3,(H2,55,77)(H,56,70)(H,57,79)(H,58,82)(H,59,69)(H,60,83)(H,61,80)(H,62,78)(H,63,81)(H,71,72)/t26-,27-,29-,30-,31+,32+,33+,34+,35+,39+,40-,41+,42-,43+,44+,52-/m0/s1. The first-order valence-corrected chi connectivity index (χ1v) is 27.9. The second kappa shape index (κ2) is 36.9. The average molecular weight is 1220 g/mol. The molecule has 9 amide bonds. The maximum atomic E-state index is 14.3. The average Bonchev–Trinajstić information content (AvgIpc) is 3.58. The lowest BCUT2D eigenvalue weighted by molar-refractivity contribution is -0.285. The van der Waals surface area contributed by atoms with Gasteiger partial charge in [0.2, 0.25) is 53.2 Å². The molecule has 85 heavy (non-hydrogen) atoms. The molecule has 0 aliphatic carbocycles. The number of unbranched alkanes of at least 4 members (excludes halogenated alkanes) is 6. The summed E-state index contributed by atoms with van der Waals surface area (Å²) in [7, 11) is 0. The van der Waals surface area contributed by atoms with Crippen molar-refractivity contribution in [2.45, 2.75) is 194 Å². The fraction of sp³-hybridized carbons (Fsp3) is 0.692. The van der Waals surface area contributed by atoms with Gasteiger partial charge in [-0.1, -0.05) is 64.0 Å². The number of hydrogen-bond acceptors (Lipinski definition) is 23. The Morgan fingerprint density at radius 1 is 0.706 bits per heavy atom. The molecule has 0 bridgehead atoms. The number of aliphatic hydroxyl groups is 8. The Morgan fingerprint density at radius 3 is 1.92 bits per heavy atom. The van der Waals surface area contributed by atoms with Crippen LogP contribution in [0.2, 0.25) is 0 Å². The van der Waals surface area contributed by atoms with Gasteiger partial charge in [0, 0.05) is 25.0 Å². The van der Waals surface area contributed by atoms with Gasteiger partial charge in [-0.3, -0.25) is 47.9 Å². The van der Waals surface area contributed by atoms with E-state index in [0.29, 0.717) is 6.42 Å². The van der Waals surface area contributed by atoms with Crippen molar-refractivity contribution in [3.05, 3.63) is 29.8 Å². The van der Waals surface area contributed by atoms with Crippen LogP contribution in [0.3, 0.4) is 0 Å². The van der Waals surface area contributed by atoms with Gasteiger partial charge in [-0.2, -0.15) is 0 Å². The van der Waals surface area contributed by atoms with Crippen molar-refractivity contribution in [1.29, 1.82) is 0 Å². The Bertz CT molecular complexity index is 2360. The highest BCUT2D eigenvalue weighted by Crippen LogP contribution is 2.25. The molecule has 0 spiro atoms. The smallest absolute Gasteiger partial charge is 0.305 e. The number of aromatic hydroxyl groups is 1. The largest absolute Gasteiger partial charge is 0.508 e. The van der Waals surface area contributed by atoms with Crippen LogP contribution in [0.5, 0.6) is 5.75 Å². The van der Waals surface area contributed by atoms with Crippen molar-refractivity contribution in [1.82, 2.24) is 42.5 Å². The van der Waals surface area contributed by atoms with Crippen LogP contribution in [0.4, 0.5) is 0 Å². The molecular weight excluding hydrogens is 1130 g/mol. The number of carboxylic acid groups (broad SMARTS) is 1. The Labute approximate surface area is 488 Å². The van der Waals surface area contributed by atoms with E-state index in [0.717, 1.165) is 69.2 Å². The summed E-state index contributed by atoms with van der Waals surface area (Å²) in [6.07, 6.45) is -10.7. The third kappa shape index (κ3) is 25.0. The molecule has 480 valence electrons. The molecule has 24 N–H and O–H groups in total. The van der Waals surface area contributed by atoms with Gasteiger partial charge in [0.05, 0.1) is 51.0 Å². The molecule has 0 saturated carbocycles. The number of hydrogen-bond donors (Lipinski definition) is 21. The van der Waals surface area contributed by atoms with E-state index in [9.17, 15) is 99.0 Å². The zero-order chi connectivity index (χ0) is 63.5. The minimum absolute atomic E-state index is 0.0344. The fourth-order valence-corrected chi connectivity index (χ4v) is 9.08. The molecule has 0 unspecified atom stereocenters. The van der Waals surface area contributed by atoms with E-state index < -0.39 is 222 Å². The molecule has 2 heterocycles. The first-order valence-electron chi connectivity index (χ1n) is 27.9. The van der Waals surface area contributed by atoms with Crippen LogP contribution in [0.1, 0.15) is 108 Å². The number of carbonyl (C=O) groups is 10. The summed E-state index contributed by atoms with van der Waals surface area (Å²) in [4.78, 5) is 134. The molecule has 2 aliphatic heterocycles. The summed E-state index contributed by atoms with van der Waals surface area (Å²) in [5.74, 6) is -14.0. The molecule has 3 rings (SSSR count). The van der Waals surface area contributed by atoms with Crippen molar-refractivity contribution in [2.75, 3.05) is 32.9 Å². The van der Waals surface area contributed by atoms with Gasteiger partial charge in [-0.25, -0.2) is 0 Å². The number of nitrogens with one attached hydrogen (secondary N) is 8. The van der Waals surface area contributed by atoms with Crippen LogP contribution in [0.25, 0.3) is 0 Å². The third-order valence-electron chi connectivity index (χ3n) is 13.9. The summed E-state index contributed by atoms with van der Waals surface area (Å²) >= 11 is 0. The Kier molecular flexibility index (Phi) is 31.5. The zero-order valence-corrected chi connectivity index (χ0v) is 47.1. The number of carboxylic acids is 1. The van der Waals surface area contributed by atoms with Gasteiger partial charge in [0.1, 0.15) is 60.4 Å². The Hall–Kier alpha value is -6.76. The van der Waals surface area contributed by atoms with Crippen LogP contribution >= 0.6 is 0 Å². The summed E-state index contributed by atoms with van der Waals surface area (Å²) in [5, 5.41) is 123. The lowest BCUT2D eigenvalue weighted by atomic mass is 9.95. The highest BCUT2D eigenvalue weighted by Gasteiger charge is 2.42. The van der Waals surface area contributed by atoms with E-state index in [4.69, 9.17) is 26.7 Å². The quantitative estimate of drug-likeness (QED) is 0.0428. The summed E-state index contributed by atoms with van der Waals surface area (Å²) in [6, 6.07) is -10.2. The molecule has 0 radical (unpaired) electrons. The summed E-state index contributed by atoms with van der Waals surface area (Å²) in [6.45, 7) is -2.15. The molecule has 2 saturated heterocycles. The number of carbonyl (C=O) groups excluding carboxylic acids is 9. The van der Waals surface area contributed by atoms with Crippen LogP contribution in [0, 0.1) is 0 Å². The van der Waals surface area contributed by atoms with Crippen LogP contribution in [0.15, 0.2) is 24.3 Å². The Balaban J connectivity index is 2.14. The summed E-state index contributed by atoms with van der Waals surface area (Å²) in [5.41, 5.74) is 17.6. The highest BCUT2D eigenvalue weighted by atomic mass is 16.7. The first-order chi connectivity index (χ1) is 40.2. The van der Waals surface area contributed by atoms with Gasteiger partial charge >= 0.3 is 5.97 Å². The molecule has 33 nitrogen and oxygen atoms in total. The predicted octanol–water partition coefficient (Wildman–Crippen LogP) is -8.18. The molecule has 33 heteroatoms. The number of ether oxygens (including phenoxy) is 2. The van der Waals surface area contributed by atoms with Crippen molar-refractivity contribution in [2.24, 2.45) is 17.2 Å². The van der Waals surface area contributed by atoms with Crippen molar-refractivity contribution < 1.29 is 108 Å². The summed E-state index contributed by atoms with van der Waals surface area (Å²) < 4.78 is 11.5. The van der Waals surface area contributed by atoms with E-state index >= 15 is 0 Å². The van der Waals surface area contributed by atoms with Crippen LogP contribution in [-0.4, -0.2) is 234 Å². The Morgan fingerprint density at radius 2 is 1.29 bits per heavy atom. The number of phenols is 1. The van der Waals surface area contributed by atoms with Gasteiger partial charge < -0.3 is 120 Å². The van der Waals surface area contributed by atoms with E-state index in [1.165, 1.54) is 0 Å². The van der Waals surface area contributed by atoms with E-state index in [2.05, 4.69) is 38.8 Å². The predicted molar refractivity (Wildman–Crippen MR) is 293 cm³/mol. The minimum Gasteiger partial charge on any atom is -0.508 e. The van der Waals surface area contributed by atoms with Gasteiger partial charge in [-0.15, -0.1) is 0 Å². The lowest BCUT2D eigenvalue weighted by Gasteiger charge is -2.38. The molecule has 0 aromatic heterocycles. The molecule has 1 aromatic rings. The third-order valence-corrected chi connectivity index (χ3v) is 13.9. The number of primary amides is 1. The van der Waals surface area contributed by atoms with E-state index in [-0.39, 0.29) is 17.7 Å². The maximum Gasteiger partial charge on any atom is 0.305 e. The number of benzene rings is 1. The molecular formula is C52H85N11O22. The zero-order valence-electron chi connectivity index (χ0n) is 47.1.